The van der Waals surface area contributed by atoms with Crippen molar-refractivity contribution in [3.63, 3.8) is 0 Å². The van der Waals surface area contributed by atoms with Crippen LogP contribution in [0.2, 0.25) is 0 Å². The van der Waals surface area contributed by atoms with Gasteiger partial charge in [-0.15, -0.1) is 0 Å². The van der Waals surface area contributed by atoms with Crippen molar-refractivity contribution < 1.29 is 14.7 Å². The van der Waals surface area contributed by atoms with Crippen LogP contribution in [0, 0.1) is 5.92 Å². The van der Waals surface area contributed by atoms with Gasteiger partial charge in [-0.2, -0.15) is 0 Å². The average Bonchev–Trinajstić information content (AvgIpc) is 3.10. The highest BCUT2D eigenvalue weighted by molar-refractivity contribution is 5.86. The first-order chi connectivity index (χ1) is 8.91. The molecular formula is C12H18N4O3. The third-order valence-electron chi connectivity index (χ3n) is 3.42. The van der Waals surface area contributed by atoms with E-state index in [2.05, 4.69) is 10.3 Å². The molecule has 0 bridgehead atoms. The van der Waals surface area contributed by atoms with E-state index in [0.29, 0.717) is 13.1 Å². The van der Waals surface area contributed by atoms with Crippen LogP contribution in [0.3, 0.4) is 0 Å². The molecule has 1 atom stereocenters. The molecule has 1 aromatic rings. The average molecular weight is 266 g/mol. The Morgan fingerprint density at radius 1 is 1.63 bits per heavy atom. The number of amides is 1. The molecule has 0 aromatic carbocycles. The van der Waals surface area contributed by atoms with Crippen molar-refractivity contribution in [1.82, 2.24) is 14.9 Å². The standard InChI is InChI=1S/C12H18N4O3/c1-12(13,8-2-3-8)11(19)14-4-5-16-6-9(10(17)18)15-7-16/h6-8H,2-5,13H2,1H3,(H,14,19)(H,17,18). The maximum Gasteiger partial charge on any atom is 0.356 e. The number of imidazole rings is 1. The summed E-state index contributed by atoms with van der Waals surface area (Å²) >= 11 is 0. The zero-order chi connectivity index (χ0) is 14.0. The van der Waals surface area contributed by atoms with Gasteiger partial charge in [-0.1, -0.05) is 0 Å². The third kappa shape index (κ3) is 3.11. The molecule has 0 saturated heterocycles. The predicted octanol–water partition coefficient (Wildman–Crippen LogP) is -0.175. The Hall–Kier alpha value is -1.89. The number of carboxylic acid groups (broad SMARTS) is 1. The van der Waals surface area contributed by atoms with E-state index < -0.39 is 11.5 Å². The number of carbonyl (C=O) groups excluding carboxylic acids is 1. The molecule has 7 nitrogen and oxygen atoms in total. The number of nitrogens with zero attached hydrogens (tertiary/aromatic N) is 2. The van der Waals surface area contributed by atoms with Gasteiger partial charge in [0.25, 0.3) is 0 Å². The highest BCUT2D eigenvalue weighted by atomic mass is 16.4. The number of carboxylic acids is 1. The fourth-order valence-corrected chi connectivity index (χ4v) is 1.95. The summed E-state index contributed by atoms with van der Waals surface area (Å²) in [5.74, 6) is -0.945. The fraction of sp³-hybridized carbons (Fsp3) is 0.583. The first-order valence-electron chi connectivity index (χ1n) is 6.23. The molecule has 7 heteroatoms. The molecule has 1 saturated carbocycles. The van der Waals surface area contributed by atoms with E-state index >= 15 is 0 Å². The molecule has 0 spiro atoms. The number of nitrogens with one attached hydrogen (secondary N) is 1. The number of aromatic nitrogens is 2. The quantitative estimate of drug-likeness (QED) is 0.662. The number of nitrogens with two attached hydrogens (primary N) is 1. The van der Waals surface area contributed by atoms with Crippen LogP contribution >= 0.6 is 0 Å². The van der Waals surface area contributed by atoms with Gasteiger partial charge in [0.2, 0.25) is 5.91 Å². The molecule has 1 unspecified atom stereocenters. The summed E-state index contributed by atoms with van der Waals surface area (Å²) in [4.78, 5) is 26.3. The molecule has 19 heavy (non-hydrogen) atoms. The molecule has 2 rings (SSSR count). The number of aromatic carboxylic acids is 1. The normalized spacial score (nSPS) is 17.8. The van der Waals surface area contributed by atoms with Crippen molar-refractivity contribution in [2.75, 3.05) is 6.54 Å². The number of hydrogen-bond acceptors (Lipinski definition) is 4. The van der Waals surface area contributed by atoms with E-state index in [9.17, 15) is 9.59 Å². The van der Waals surface area contributed by atoms with Gasteiger partial charge in [-0.3, -0.25) is 4.79 Å². The molecule has 0 aliphatic heterocycles. The van der Waals surface area contributed by atoms with Crippen LogP contribution in [0.25, 0.3) is 0 Å². The Morgan fingerprint density at radius 2 is 2.32 bits per heavy atom. The molecular weight excluding hydrogens is 248 g/mol. The van der Waals surface area contributed by atoms with E-state index in [-0.39, 0.29) is 17.5 Å². The number of hydrogen-bond donors (Lipinski definition) is 3. The van der Waals surface area contributed by atoms with Crippen molar-refractivity contribution in [2.24, 2.45) is 11.7 Å². The summed E-state index contributed by atoms with van der Waals surface area (Å²) in [7, 11) is 0. The van der Waals surface area contributed by atoms with Gasteiger partial charge in [0.1, 0.15) is 0 Å². The summed E-state index contributed by atoms with van der Waals surface area (Å²) in [6.45, 7) is 2.61. The molecule has 1 aliphatic carbocycles. The Kier molecular flexibility index (Phi) is 3.57. The molecule has 1 amide bonds. The minimum atomic E-state index is -1.06. The minimum absolute atomic E-state index is 0.00651. The highest BCUT2D eigenvalue weighted by Gasteiger charge is 2.43. The number of rotatable bonds is 6. The van der Waals surface area contributed by atoms with Gasteiger partial charge in [-0.25, -0.2) is 9.78 Å². The molecule has 1 aromatic heterocycles. The van der Waals surface area contributed by atoms with E-state index in [1.807, 2.05) is 0 Å². The largest absolute Gasteiger partial charge is 0.476 e. The Labute approximate surface area is 110 Å². The molecule has 104 valence electrons. The summed E-state index contributed by atoms with van der Waals surface area (Å²) in [5, 5.41) is 11.5. The van der Waals surface area contributed by atoms with Crippen LogP contribution in [-0.2, 0) is 11.3 Å². The molecule has 1 heterocycles. The SMILES string of the molecule is CC(N)(C(=O)NCCn1cnc(C(=O)O)c1)C1CC1. The van der Waals surface area contributed by atoms with Gasteiger partial charge >= 0.3 is 5.97 Å². The van der Waals surface area contributed by atoms with Gasteiger partial charge in [0.05, 0.1) is 11.9 Å². The first kappa shape index (κ1) is 13.5. The van der Waals surface area contributed by atoms with Crippen LogP contribution < -0.4 is 11.1 Å². The van der Waals surface area contributed by atoms with E-state index in [4.69, 9.17) is 10.8 Å². The topological polar surface area (TPSA) is 110 Å². The second-order valence-corrected chi connectivity index (χ2v) is 5.11. The second-order valence-electron chi connectivity index (χ2n) is 5.11. The van der Waals surface area contributed by atoms with Crippen LogP contribution in [0.15, 0.2) is 12.5 Å². The van der Waals surface area contributed by atoms with Crippen molar-refractivity contribution in [3.05, 3.63) is 18.2 Å². The van der Waals surface area contributed by atoms with Crippen molar-refractivity contribution in [1.29, 1.82) is 0 Å². The predicted molar refractivity (Wildman–Crippen MR) is 67.5 cm³/mol. The monoisotopic (exact) mass is 266 g/mol. The van der Waals surface area contributed by atoms with Crippen LogP contribution in [0.5, 0.6) is 0 Å². The first-order valence-corrected chi connectivity index (χ1v) is 6.23. The Morgan fingerprint density at radius 3 is 2.84 bits per heavy atom. The van der Waals surface area contributed by atoms with Gasteiger partial charge in [-0.05, 0) is 25.7 Å². The van der Waals surface area contributed by atoms with E-state index in [1.165, 1.54) is 12.5 Å². The third-order valence-corrected chi connectivity index (χ3v) is 3.42. The lowest BCUT2D eigenvalue weighted by Gasteiger charge is -2.23. The zero-order valence-electron chi connectivity index (χ0n) is 10.8. The summed E-state index contributed by atoms with van der Waals surface area (Å²) in [6, 6.07) is 0. The van der Waals surface area contributed by atoms with E-state index in [1.54, 1.807) is 11.5 Å². The highest BCUT2D eigenvalue weighted by Crippen LogP contribution is 2.37. The fourth-order valence-electron chi connectivity index (χ4n) is 1.95. The molecule has 1 aliphatic rings. The Balaban J connectivity index is 1.79. The summed E-state index contributed by atoms with van der Waals surface area (Å²) in [5.41, 5.74) is 5.17. The number of carbonyl (C=O) groups is 2. The molecule has 1 fully saturated rings. The van der Waals surface area contributed by atoms with Crippen molar-refractivity contribution in [2.45, 2.75) is 31.8 Å². The second kappa shape index (κ2) is 5.00. The molecule has 4 N–H and O–H groups in total. The lowest BCUT2D eigenvalue weighted by molar-refractivity contribution is -0.126. The summed E-state index contributed by atoms with van der Waals surface area (Å²) < 4.78 is 1.62. The van der Waals surface area contributed by atoms with Gasteiger partial charge in [0.15, 0.2) is 5.69 Å². The van der Waals surface area contributed by atoms with Crippen LogP contribution in [-0.4, -0.2) is 38.6 Å². The lowest BCUT2D eigenvalue weighted by Crippen LogP contribution is -2.53. The van der Waals surface area contributed by atoms with Gasteiger partial charge < -0.3 is 20.7 Å². The van der Waals surface area contributed by atoms with Gasteiger partial charge in [0, 0.05) is 19.3 Å². The van der Waals surface area contributed by atoms with Crippen LogP contribution in [0.4, 0.5) is 0 Å². The maximum absolute atomic E-state index is 11.9. The van der Waals surface area contributed by atoms with E-state index in [0.717, 1.165) is 12.8 Å². The summed E-state index contributed by atoms with van der Waals surface area (Å²) in [6.07, 6.45) is 4.86. The molecule has 0 radical (unpaired) electrons. The smallest absolute Gasteiger partial charge is 0.356 e. The van der Waals surface area contributed by atoms with Crippen LogP contribution in [0.1, 0.15) is 30.3 Å². The lowest BCUT2D eigenvalue weighted by atomic mass is 9.96. The zero-order valence-corrected chi connectivity index (χ0v) is 10.8. The minimum Gasteiger partial charge on any atom is -0.476 e. The van der Waals surface area contributed by atoms with Crippen molar-refractivity contribution in [3.8, 4) is 0 Å². The van der Waals surface area contributed by atoms with Crippen molar-refractivity contribution >= 4 is 11.9 Å². The maximum atomic E-state index is 11.9. The Bertz CT molecular complexity index is 491.